The molecule has 4 atom stereocenters. The highest BCUT2D eigenvalue weighted by molar-refractivity contribution is 6.23. The first-order valence-electron chi connectivity index (χ1n) is 11.1. The number of likely N-dealkylation sites (N-methyl/N-ethyl adjacent to an activating group) is 1. The molecular weight excluding hydrogens is 458 g/mol. The van der Waals surface area contributed by atoms with E-state index in [0.29, 0.717) is 16.8 Å². The van der Waals surface area contributed by atoms with Gasteiger partial charge in [0.15, 0.2) is 11.4 Å². The summed E-state index contributed by atoms with van der Waals surface area (Å²) in [4.78, 5) is 44.7. The van der Waals surface area contributed by atoms with Gasteiger partial charge in [-0.2, -0.15) is 0 Å². The molecule has 0 bridgehead atoms. The number of Topliss-reactive ketones (excluding diaryl/α,β-unsaturated/α-hetero) is 2. The van der Waals surface area contributed by atoms with E-state index in [1.54, 1.807) is 32.0 Å². The summed E-state index contributed by atoms with van der Waals surface area (Å²) in [5.41, 5.74) is 3.86. The van der Waals surface area contributed by atoms with Crippen LogP contribution in [0.4, 0.5) is 0 Å². The molecule has 0 aromatic heterocycles. The highest BCUT2D eigenvalue weighted by Gasteiger charge is 2.60. The van der Waals surface area contributed by atoms with Crippen molar-refractivity contribution in [3.8, 4) is 5.75 Å². The van der Waals surface area contributed by atoms with Crippen molar-refractivity contribution >= 4 is 28.9 Å². The molecule has 0 saturated heterocycles. The van der Waals surface area contributed by atoms with Crippen molar-refractivity contribution in [2.75, 3.05) is 27.8 Å². The van der Waals surface area contributed by atoms with Crippen molar-refractivity contribution in [2.24, 2.45) is 22.7 Å². The number of aromatic hydroxyl groups is 1. The zero-order chi connectivity index (χ0) is 26.2. The number of ketones is 2. The van der Waals surface area contributed by atoms with Crippen LogP contribution < -0.4 is 5.73 Å². The minimum Gasteiger partial charge on any atom is -0.507 e. The molecule has 1 saturated carbocycles. The first kappa shape index (κ1) is 26.3. The van der Waals surface area contributed by atoms with E-state index in [9.17, 15) is 34.8 Å². The second-order valence-corrected chi connectivity index (χ2v) is 9.23. The number of amides is 1. The van der Waals surface area contributed by atoms with E-state index in [2.05, 4.69) is 5.16 Å². The van der Waals surface area contributed by atoms with Gasteiger partial charge >= 0.3 is 0 Å². The zero-order valence-electron chi connectivity index (χ0n) is 20.1. The molecule has 11 heteroatoms. The van der Waals surface area contributed by atoms with Crippen molar-refractivity contribution in [3.05, 3.63) is 34.4 Å². The minimum atomic E-state index is -2.70. The molecule has 35 heavy (non-hydrogen) atoms. The maximum atomic E-state index is 13.7. The Bertz CT molecular complexity index is 1130. The molecule has 0 radical (unpaired) electrons. The number of carbonyl (C=O) groups excluding carboxylic acids is 3. The lowest BCUT2D eigenvalue weighted by Crippen LogP contribution is -2.64. The van der Waals surface area contributed by atoms with Gasteiger partial charge in [-0.05, 0) is 57.5 Å². The van der Waals surface area contributed by atoms with Crippen LogP contribution in [0.25, 0.3) is 5.76 Å². The van der Waals surface area contributed by atoms with Crippen molar-refractivity contribution in [1.29, 1.82) is 0 Å². The number of nitrogens with two attached hydrogens (primary N) is 1. The third-order valence-corrected chi connectivity index (χ3v) is 7.00. The van der Waals surface area contributed by atoms with Gasteiger partial charge in [0.05, 0.1) is 24.3 Å². The number of phenolic OH excluding ortho intramolecular Hbond substituents is 1. The summed E-state index contributed by atoms with van der Waals surface area (Å²) in [6.45, 7) is 1.22. The van der Waals surface area contributed by atoms with Crippen LogP contribution in [0.15, 0.2) is 22.9 Å². The zero-order valence-corrected chi connectivity index (χ0v) is 20.1. The van der Waals surface area contributed by atoms with Gasteiger partial charge < -0.3 is 35.9 Å². The molecule has 11 nitrogen and oxygen atoms in total. The van der Waals surface area contributed by atoms with Crippen LogP contribution >= 0.6 is 0 Å². The largest absolute Gasteiger partial charge is 0.507 e. The van der Waals surface area contributed by atoms with Crippen LogP contribution in [0.3, 0.4) is 0 Å². The molecule has 0 unspecified atom stereocenters. The highest BCUT2D eigenvalue weighted by Crippen LogP contribution is 2.49. The Morgan fingerprint density at radius 3 is 2.51 bits per heavy atom. The lowest BCUT2D eigenvalue weighted by molar-refractivity contribution is -0.163. The quantitative estimate of drug-likeness (QED) is 0.189. The topological polar surface area (TPSA) is 183 Å². The van der Waals surface area contributed by atoms with Gasteiger partial charge in [-0.1, -0.05) is 5.16 Å². The average Bonchev–Trinajstić information content (AvgIpc) is 2.76. The van der Waals surface area contributed by atoms with Gasteiger partial charge in [-0.15, -0.1) is 0 Å². The van der Waals surface area contributed by atoms with Crippen LogP contribution in [0.2, 0.25) is 0 Å². The van der Waals surface area contributed by atoms with Crippen LogP contribution in [-0.4, -0.2) is 88.0 Å². The van der Waals surface area contributed by atoms with Crippen molar-refractivity contribution in [1.82, 2.24) is 4.90 Å². The van der Waals surface area contributed by atoms with E-state index >= 15 is 0 Å². The fourth-order valence-corrected chi connectivity index (χ4v) is 5.37. The predicted molar refractivity (Wildman–Crippen MR) is 126 cm³/mol. The fraction of sp³-hybridized carbons (Fsp3) is 0.500. The molecule has 0 spiro atoms. The standard InChI is InChI=1S/C24H31N3O8/c1-11(26-35-4)13-5-6-17(29)21-14(13)7-12-8-15(16(10-28)27(2)3)24(34,18(30)9-19(25)31)23(33)20(12)22(21)32/h5-6,12,15-16,28-29,32,34H,7-10H2,1-4H3,(H2,25,31)/b26-11+/t12-,15-,16+,24+/m0/s1. The number of primary amides is 1. The molecule has 1 aromatic carbocycles. The molecule has 1 fully saturated rings. The number of carbonyl (C=O) groups is 3. The second kappa shape index (κ2) is 9.76. The number of aliphatic hydroxyl groups is 3. The lowest BCUT2D eigenvalue weighted by Gasteiger charge is -2.47. The third-order valence-electron chi connectivity index (χ3n) is 7.00. The molecule has 2 aliphatic carbocycles. The number of aliphatic hydroxyl groups excluding tert-OH is 2. The number of nitrogens with zero attached hydrogens (tertiary/aromatic N) is 2. The van der Waals surface area contributed by atoms with Gasteiger partial charge in [-0.3, -0.25) is 14.4 Å². The van der Waals surface area contributed by atoms with Crippen molar-refractivity contribution < 1.29 is 39.6 Å². The fourth-order valence-electron chi connectivity index (χ4n) is 5.37. The minimum absolute atomic E-state index is 0.00206. The lowest BCUT2D eigenvalue weighted by atomic mass is 9.59. The predicted octanol–water partition coefficient (Wildman–Crippen LogP) is -0.109. The Kier molecular flexibility index (Phi) is 7.34. The number of phenols is 1. The summed E-state index contributed by atoms with van der Waals surface area (Å²) in [6, 6.07) is 2.15. The molecule has 6 N–H and O–H groups in total. The Morgan fingerprint density at radius 1 is 1.31 bits per heavy atom. The monoisotopic (exact) mass is 489 g/mol. The molecular formula is C24H31N3O8. The molecule has 0 heterocycles. The summed E-state index contributed by atoms with van der Waals surface area (Å²) >= 11 is 0. The van der Waals surface area contributed by atoms with Gasteiger partial charge in [0.1, 0.15) is 18.6 Å². The molecule has 1 aromatic rings. The first-order chi connectivity index (χ1) is 16.4. The maximum Gasteiger partial charge on any atom is 0.225 e. The van der Waals surface area contributed by atoms with Gasteiger partial charge in [0.25, 0.3) is 0 Å². The van der Waals surface area contributed by atoms with Crippen LogP contribution in [-0.2, 0) is 25.6 Å². The van der Waals surface area contributed by atoms with Gasteiger partial charge in [-0.25, -0.2) is 0 Å². The van der Waals surface area contributed by atoms with E-state index in [1.165, 1.54) is 13.2 Å². The number of hydrogen-bond donors (Lipinski definition) is 5. The summed E-state index contributed by atoms with van der Waals surface area (Å²) < 4.78 is 0. The third kappa shape index (κ3) is 4.30. The Balaban J connectivity index is 2.26. The van der Waals surface area contributed by atoms with Crippen molar-refractivity contribution in [3.63, 3.8) is 0 Å². The Hall–Kier alpha value is -3.28. The molecule has 190 valence electrons. The SMILES string of the molecule is CO/N=C(\C)c1ccc(O)c2c1C[C@H]1C[C@@H]([C@@H](CO)N(C)C)[C@@](O)(C(=O)CC(N)=O)C(=O)C1=C2O. The molecule has 0 aliphatic heterocycles. The smallest absolute Gasteiger partial charge is 0.225 e. The van der Waals surface area contributed by atoms with Crippen LogP contribution in [0.1, 0.15) is 36.5 Å². The number of benzene rings is 1. The molecule has 1 amide bonds. The van der Waals surface area contributed by atoms with E-state index in [0.717, 1.165) is 0 Å². The molecule has 3 rings (SSSR count). The summed E-state index contributed by atoms with van der Waals surface area (Å²) in [5.74, 6) is -5.79. The first-order valence-corrected chi connectivity index (χ1v) is 11.1. The van der Waals surface area contributed by atoms with E-state index in [-0.39, 0.29) is 29.7 Å². The van der Waals surface area contributed by atoms with E-state index in [1.807, 2.05) is 0 Å². The summed E-state index contributed by atoms with van der Waals surface area (Å²) in [6.07, 6.45) is -0.671. The number of rotatable bonds is 8. The maximum absolute atomic E-state index is 13.7. The number of fused-ring (bicyclic) bond motifs is 2. The molecule has 2 aliphatic rings. The van der Waals surface area contributed by atoms with Gasteiger partial charge in [0.2, 0.25) is 11.7 Å². The van der Waals surface area contributed by atoms with Gasteiger partial charge in [0, 0.05) is 23.1 Å². The second-order valence-electron chi connectivity index (χ2n) is 9.23. The van der Waals surface area contributed by atoms with Crippen LogP contribution in [0.5, 0.6) is 5.75 Å². The highest BCUT2D eigenvalue weighted by atomic mass is 16.6. The van der Waals surface area contributed by atoms with Crippen molar-refractivity contribution in [2.45, 2.75) is 37.8 Å². The Labute approximate surface area is 202 Å². The van der Waals surface area contributed by atoms with E-state index < -0.39 is 59.7 Å². The number of oxime groups is 1. The summed E-state index contributed by atoms with van der Waals surface area (Å²) in [7, 11) is 4.64. The summed E-state index contributed by atoms with van der Waals surface area (Å²) in [5, 5.41) is 47.3. The van der Waals surface area contributed by atoms with E-state index in [4.69, 9.17) is 10.6 Å². The Morgan fingerprint density at radius 2 is 1.97 bits per heavy atom. The van der Waals surface area contributed by atoms with Crippen LogP contribution in [0, 0.1) is 11.8 Å². The average molecular weight is 490 g/mol. The normalized spacial score (nSPS) is 25.2. The number of hydrogen-bond acceptors (Lipinski definition) is 10.